The largest absolute Gasteiger partial charge is 0.298 e. The number of carbonyl (C=O) groups is 2. The van der Waals surface area contributed by atoms with Crippen LogP contribution in [0.2, 0.25) is 0 Å². The lowest BCUT2D eigenvalue weighted by atomic mass is 10.1. The maximum atomic E-state index is 11.2. The Kier molecular flexibility index (Phi) is 3.31. The molecule has 0 saturated heterocycles. The van der Waals surface area contributed by atoms with E-state index in [0.717, 1.165) is 12.0 Å². The lowest BCUT2D eigenvalue weighted by molar-refractivity contribution is -0.106. The molecule has 2 aromatic rings. The van der Waals surface area contributed by atoms with Crippen LogP contribution < -0.4 is 4.90 Å². The summed E-state index contributed by atoms with van der Waals surface area (Å²) in [5.41, 5.74) is 1.81. The van der Waals surface area contributed by atoms with Crippen molar-refractivity contribution in [2.24, 2.45) is 0 Å². The van der Waals surface area contributed by atoms with E-state index in [1.54, 1.807) is 24.3 Å². The summed E-state index contributed by atoms with van der Waals surface area (Å²) in [5, 5.41) is 0. The summed E-state index contributed by atoms with van der Waals surface area (Å²) >= 11 is 0. The molecule has 0 aliphatic heterocycles. The molecule has 0 saturated carbocycles. The van der Waals surface area contributed by atoms with Gasteiger partial charge in [0.05, 0.1) is 5.69 Å². The minimum Gasteiger partial charge on any atom is -0.298 e. The second kappa shape index (κ2) is 5.07. The predicted molar refractivity (Wildman–Crippen MR) is 66.5 cm³/mol. The fourth-order valence-electron chi connectivity index (χ4n) is 1.65. The summed E-state index contributed by atoms with van der Waals surface area (Å²) in [6.07, 6.45) is 1.45. The van der Waals surface area contributed by atoms with Gasteiger partial charge in [-0.2, -0.15) is 0 Å². The normalized spacial score (nSPS) is 9.65. The van der Waals surface area contributed by atoms with Crippen LogP contribution in [0.5, 0.6) is 0 Å². The molecule has 0 spiro atoms. The fraction of sp³-hybridized carbons (Fsp3) is 0. The van der Waals surface area contributed by atoms with E-state index in [0.29, 0.717) is 17.7 Å². The zero-order valence-corrected chi connectivity index (χ0v) is 9.11. The third-order valence-corrected chi connectivity index (χ3v) is 2.46. The van der Waals surface area contributed by atoms with Crippen LogP contribution in [-0.2, 0) is 4.79 Å². The molecule has 0 bridgehead atoms. The molecule has 0 N–H and O–H groups in total. The van der Waals surface area contributed by atoms with Crippen LogP contribution >= 0.6 is 0 Å². The lowest BCUT2D eigenvalue weighted by Gasteiger charge is -2.18. The Morgan fingerprint density at radius 2 is 1.47 bits per heavy atom. The number of amides is 1. The van der Waals surface area contributed by atoms with Crippen molar-refractivity contribution >= 4 is 24.1 Å². The van der Waals surface area contributed by atoms with Crippen LogP contribution in [0.25, 0.3) is 0 Å². The van der Waals surface area contributed by atoms with Gasteiger partial charge in [-0.1, -0.05) is 30.3 Å². The molecule has 0 heterocycles. The molecule has 3 heteroatoms. The van der Waals surface area contributed by atoms with Gasteiger partial charge in [0.1, 0.15) is 0 Å². The fourth-order valence-corrected chi connectivity index (χ4v) is 1.65. The number of rotatable bonds is 4. The Labute approximate surface area is 99.3 Å². The predicted octanol–water partition coefficient (Wildman–Crippen LogP) is 2.79. The highest BCUT2D eigenvalue weighted by molar-refractivity contribution is 5.95. The third kappa shape index (κ3) is 2.23. The van der Waals surface area contributed by atoms with Crippen molar-refractivity contribution in [3.63, 3.8) is 0 Å². The van der Waals surface area contributed by atoms with Crippen LogP contribution in [0, 0.1) is 0 Å². The van der Waals surface area contributed by atoms with Gasteiger partial charge in [0, 0.05) is 11.3 Å². The standard InChI is InChI=1S/C14H11NO2/c16-10-12-6-4-5-9-14(12)15(11-17)13-7-2-1-3-8-13/h1-11H. The molecule has 0 atom stereocenters. The smallest absolute Gasteiger partial charge is 0.218 e. The second-order valence-electron chi connectivity index (χ2n) is 3.49. The van der Waals surface area contributed by atoms with E-state index in [-0.39, 0.29) is 0 Å². The maximum absolute atomic E-state index is 11.2. The summed E-state index contributed by atoms with van der Waals surface area (Å²) in [4.78, 5) is 23.6. The number of para-hydroxylation sites is 2. The summed E-state index contributed by atoms with van der Waals surface area (Å²) in [7, 11) is 0. The average molecular weight is 225 g/mol. The molecule has 0 aromatic heterocycles. The molecule has 17 heavy (non-hydrogen) atoms. The topological polar surface area (TPSA) is 37.4 Å². The summed E-state index contributed by atoms with van der Waals surface area (Å²) in [5.74, 6) is 0. The monoisotopic (exact) mass is 225 g/mol. The molecule has 2 rings (SSSR count). The van der Waals surface area contributed by atoms with Gasteiger partial charge in [-0.15, -0.1) is 0 Å². The second-order valence-corrected chi connectivity index (χ2v) is 3.49. The quantitative estimate of drug-likeness (QED) is 0.750. The number of aldehydes is 1. The Hall–Kier alpha value is -2.42. The van der Waals surface area contributed by atoms with Crippen molar-refractivity contribution in [3.8, 4) is 0 Å². The van der Waals surface area contributed by atoms with Gasteiger partial charge < -0.3 is 0 Å². The van der Waals surface area contributed by atoms with Crippen molar-refractivity contribution < 1.29 is 9.59 Å². The van der Waals surface area contributed by atoms with E-state index < -0.39 is 0 Å². The summed E-state index contributed by atoms with van der Waals surface area (Å²) in [6.45, 7) is 0. The van der Waals surface area contributed by atoms with Crippen molar-refractivity contribution in [1.29, 1.82) is 0 Å². The first-order valence-electron chi connectivity index (χ1n) is 5.20. The molecule has 0 aliphatic rings. The highest BCUT2D eigenvalue weighted by Crippen LogP contribution is 2.25. The number of carbonyl (C=O) groups excluding carboxylic acids is 2. The minimum absolute atomic E-state index is 0.489. The summed E-state index contributed by atoms with van der Waals surface area (Å²) < 4.78 is 0. The molecular formula is C14H11NO2. The Morgan fingerprint density at radius 1 is 0.824 bits per heavy atom. The van der Waals surface area contributed by atoms with E-state index in [9.17, 15) is 9.59 Å². The van der Waals surface area contributed by atoms with E-state index in [2.05, 4.69) is 0 Å². The van der Waals surface area contributed by atoms with Crippen LogP contribution in [0.3, 0.4) is 0 Å². The van der Waals surface area contributed by atoms with Gasteiger partial charge in [0.25, 0.3) is 0 Å². The van der Waals surface area contributed by atoms with Gasteiger partial charge in [0.2, 0.25) is 6.41 Å². The summed E-state index contributed by atoms with van der Waals surface area (Å²) in [6, 6.07) is 16.2. The maximum Gasteiger partial charge on any atom is 0.218 e. The van der Waals surface area contributed by atoms with E-state index in [1.807, 2.05) is 30.3 Å². The van der Waals surface area contributed by atoms with Crippen molar-refractivity contribution in [2.45, 2.75) is 0 Å². The Bertz CT molecular complexity index is 523. The SMILES string of the molecule is O=Cc1ccccc1N(C=O)c1ccccc1. The molecule has 2 aromatic carbocycles. The van der Waals surface area contributed by atoms with E-state index in [4.69, 9.17) is 0 Å². The molecular weight excluding hydrogens is 214 g/mol. The van der Waals surface area contributed by atoms with Gasteiger partial charge >= 0.3 is 0 Å². The molecule has 0 unspecified atom stereocenters. The first-order valence-corrected chi connectivity index (χ1v) is 5.20. The average Bonchev–Trinajstić information content (AvgIpc) is 2.41. The van der Waals surface area contributed by atoms with Crippen LogP contribution in [0.1, 0.15) is 10.4 Å². The zero-order chi connectivity index (χ0) is 12.1. The van der Waals surface area contributed by atoms with E-state index in [1.165, 1.54) is 4.90 Å². The van der Waals surface area contributed by atoms with Crippen molar-refractivity contribution in [3.05, 3.63) is 60.2 Å². The zero-order valence-electron chi connectivity index (χ0n) is 9.11. The van der Waals surface area contributed by atoms with E-state index >= 15 is 0 Å². The van der Waals surface area contributed by atoms with Gasteiger partial charge in [-0.05, 0) is 24.3 Å². The number of hydrogen-bond donors (Lipinski definition) is 0. The Balaban J connectivity index is 2.49. The highest BCUT2D eigenvalue weighted by atomic mass is 16.1. The van der Waals surface area contributed by atoms with Crippen molar-refractivity contribution in [1.82, 2.24) is 0 Å². The number of benzene rings is 2. The first-order chi connectivity index (χ1) is 8.36. The molecule has 0 fully saturated rings. The Morgan fingerprint density at radius 3 is 2.12 bits per heavy atom. The van der Waals surface area contributed by atoms with Crippen molar-refractivity contribution in [2.75, 3.05) is 4.90 Å². The molecule has 1 amide bonds. The van der Waals surface area contributed by atoms with Crippen LogP contribution in [0.4, 0.5) is 11.4 Å². The minimum atomic E-state index is 0.489. The molecule has 0 radical (unpaired) electrons. The number of hydrogen-bond acceptors (Lipinski definition) is 2. The van der Waals surface area contributed by atoms with Gasteiger partial charge in [-0.3, -0.25) is 14.5 Å². The molecule has 84 valence electrons. The number of anilines is 2. The van der Waals surface area contributed by atoms with Gasteiger partial charge in [0.15, 0.2) is 6.29 Å². The van der Waals surface area contributed by atoms with Crippen LogP contribution in [0.15, 0.2) is 54.6 Å². The third-order valence-electron chi connectivity index (χ3n) is 2.46. The first kappa shape index (κ1) is 11.1. The number of nitrogens with zero attached hydrogens (tertiary/aromatic N) is 1. The highest BCUT2D eigenvalue weighted by Gasteiger charge is 2.11. The van der Waals surface area contributed by atoms with Crippen LogP contribution in [-0.4, -0.2) is 12.7 Å². The molecule has 0 aliphatic carbocycles. The lowest BCUT2D eigenvalue weighted by Crippen LogP contribution is -2.15. The molecule has 3 nitrogen and oxygen atoms in total. The van der Waals surface area contributed by atoms with Gasteiger partial charge in [-0.25, -0.2) is 0 Å².